The number of fused-ring (bicyclic) bond motifs is 1. The molecule has 0 bridgehead atoms. The smallest absolute Gasteiger partial charge is 0.284 e. The van der Waals surface area contributed by atoms with Crippen LogP contribution in [0.5, 0.6) is 0 Å². The molecule has 3 aromatic carbocycles. The van der Waals surface area contributed by atoms with Crippen LogP contribution in [0.25, 0.3) is 10.8 Å². The molecular weight excluding hydrogens is 359 g/mol. The van der Waals surface area contributed by atoms with E-state index in [2.05, 4.69) is 0 Å². The predicted octanol–water partition coefficient (Wildman–Crippen LogP) is 5.12. The van der Waals surface area contributed by atoms with E-state index in [1.54, 1.807) is 12.1 Å². The van der Waals surface area contributed by atoms with Gasteiger partial charge in [0, 0.05) is 5.39 Å². The zero-order chi connectivity index (χ0) is 17.6. The number of halogens is 2. The highest BCUT2D eigenvalue weighted by atomic mass is 35.5. The van der Waals surface area contributed by atoms with E-state index in [0.717, 1.165) is 15.7 Å². The molecule has 25 heavy (non-hydrogen) atoms. The van der Waals surface area contributed by atoms with Gasteiger partial charge in [-0.25, -0.2) is 9.69 Å². The van der Waals surface area contributed by atoms with Crippen molar-refractivity contribution in [1.29, 1.82) is 0 Å². The molecule has 4 nitrogen and oxygen atoms in total. The molecule has 0 aliphatic carbocycles. The molecular formula is C19H12Cl2N2O2. The first kappa shape index (κ1) is 15.9. The minimum absolute atomic E-state index is 0.0207. The molecule has 0 N–H and O–H groups in total. The van der Waals surface area contributed by atoms with E-state index < -0.39 is 6.03 Å². The summed E-state index contributed by atoms with van der Waals surface area (Å²) in [4.78, 5) is 28.0. The van der Waals surface area contributed by atoms with E-state index in [1.165, 1.54) is 11.0 Å². The Morgan fingerprint density at radius 1 is 0.840 bits per heavy atom. The molecule has 6 heteroatoms. The van der Waals surface area contributed by atoms with Gasteiger partial charge in [-0.05, 0) is 29.7 Å². The van der Waals surface area contributed by atoms with Crippen molar-refractivity contribution in [3.8, 4) is 0 Å². The second-order valence-electron chi connectivity index (χ2n) is 5.69. The van der Waals surface area contributed by atoms with E-state index >= 15 is 0 Å². The number of benzene rings is 3. The Hall–Kier alpha value is -2.56. The Morgan fingerprint density at radius 2 is 1.60 bits per heavy atom. The van der Waals surface area contributed by atoms with Gasteiger partial charge >= 0.3 is 6.03 Å². The number of hydrogen-bond acceptors (Lipinski definition) is 2. The van der Waals surface area contributed by atoms with Crippen molar-refractivity contribution in [3.05, 3.63) is 70.7 Å². The first-order valence-electron chi connectivity index (χ1n) is 7.63. The molecule has 0 aromatic heterocycles. The van der Waals surface area contributed by atoms with Gasteiger partial charge in [-0.3, -0.25) is 9.69 Å². The number of nitrogens with zero attached hydrogens (tertiary/aromatic N) is 2. The topological polar surface area (TPSA) is 40.6 Å². The monoisotopic (exact) mass is 370 g/mol. The van der Waals surface area contributed by atoms with Gasteiger partial charge in [-0.15, -0.1) is 0 Å². The van der Waals surface area contributed by atoms with E-state index in [9.17, 15) is 9.59 Å². The molecule has 0 unspecified atom stereocenters. The van der Waals surface area contributed by atoms with Gasteiger partial charge in [-0.1, -0.05) is 59.6 Å². The van der Waals surface area contributed by atoms with Crippen molar-refractivity contribution in [1.82, 2.24) is 0 Å². The Morgan fingerprint density at radius 3 is 2.40 bits per heavy atom. The average molecular weight is 371 g/mol. The third-order valence-electron chi connectivity index (χ3n) is 4.18. The number of carbonyl (C=O) groups is 2. The number of urea groups is 1. The zero-order valence-electron chi connectivity index (χ0n) is 12.9. The zero-order valence-corrected chi connectivity index (χ0v) is 14.5. The van der Waals surface area contributed by atoms with Crippen molar-refractivity contribution in [3.63, 3.8) is 0 Å². The highest BCUT2D eigenvalue weighted by molar-refractivity contribution is 6.42. The number of carbonyl (C=O) groups excluding carboxylic acids is 2. The van der Waals surface area contributed by atoms with Crippen LogP contribution in [0.2, 0.25) is 10.0 Å². The third-order valence-corrected chi connectivity index (χ3v) is 4.92. The molecule has 0 saturated carbocycles. The summed E-state index contributed by atoms with van der Waals surface area (Å²) in [6, 6.07) is 17.7. The lowest BCUT2D eigenvalue weighted by molar-refractivity contribution is -0.115. The summed E-state index contributed by atoms with van der Waals surface area (Å²) in [5.41, 5.74) is 1.12. The standard InChI is InChI=1S/C19H12Cl2N2O2/c20-15-9-8-13(10-16(15)21)23-18(24)11-22(19(23)25)17-7-3-5-12-4-1-2-6-14(12)17/h1-10H,11H2. The van der Waals surface area contributed by atoms with Gasteiger partial charge < -0.3 is 0 Å². The SMILES string of the molecule is O=C1CN(c2cccc3ccccc23)C(=O)N1c1ccc(Cl)c(Cl)c1. The van der Waals surface area contributed by atoms with Crippen molar-refractivity contribution in [2.24, 2.45) is 0 Å². The fourth-order valence-corrected chi connectivity index (χ4v) is 3.30. The van der Waals surface area contributed by atoms with Crippen molar-refractivity contribution < 1.29 is 9.59 Å². The van der Waals surface area contributed by atoms with Crippen LogP contribution in [-0.4, -0.2) is 18.5 Å². The summed E-state index contributed by atoms with van der Waals surface area (Å²) >= 11 is 11.9. The summed E-state index contributed by atoms with van der Waals surface area (Å²) in [5.74, 6) is -0.309. The van der Waals surface area contributed by atoms with Crippen molar-refractivity contribution >= 4 is 57.3 Å². The fraction of sp³-hybridized carbons (Fsp3) is 0.0526. The third kappa shape index (κ3) is 2.64. The molecule has 1 heterocycles. The van der Waals surface area contributed by atoms with E-state index in [4.69, 9.17) is 23.2 Å². The Labute approximate surface area is 154 Å². The number of imide groups is 1. The fourth-order valence-electron chi connectivity index (χ4n) is 3.01. The van der Waals surface area contributed by atoms with Gasteiger partial charge in [0.05, 0.1) is 21.4 Å². The Balaban J connectivity index is 1.77. The molecule has 1 saturated heterocycles. The summed E-state index contributed by atoms with van der Waals surface area (Å²) in [7, 11) is 0. The summed E-state index contributed by atoms with van der Waals surface area (Å²) in [6.45, 7) is -0.0207. The van der Waals surface area contributed by atoms with Gasteiger partial charge in [0.25, 0.3) is 5.91 Å². The molecule has 3 aromatic rings. The predicted molar refractivity (Wildman–Crippen MR) is 101 cm³/mol. The largest absolute Gasteiger partial charge is 0.336 e. The van der Waals surface area contributed by atoms with Crippen LogP contribution in [0.15, 0.2) is 60.7 Å². The quantitative estimate of drug-likeness (QED) is 0.587. The molecule has 3 amide bonds. The summed E-state index contributed by atoms with van der Waals surface area (Å²) in [6.07, 6.45) is 0. The van der Waals surface area contributed by atoms with Gasteiger partial charge in [-0.2, -0.15) is 0 Å². The van der Waals surface area contributed by atoms with Gasteiger partial charge in [0.1, 0.15) is 6.54 Å². The van der Waals surface area contributed by atoms with Crippen LogP contribution in [0, 0.1) is 0 Å². The van der Waals surface area contributed by atoms with Gasteiger partial charge in [0.2, 0.25) is 0 Å². The van der Waals surface area contributed by atoms with Crippen LogP contribution in [0.4, 0.5) is 16.2 Å². The first-order chi connectivity index (χ1) is 12.1. The summed E-state index contributed by atoms with van der Waals surface area (Å²) in [5, 5.41) is 2.59. The van der Waals surface area contributed by atoms with Crippen LogP contribution in [0.1, 0.15) is 0 Å². The van der Waals surface area contributed by atoms with E-state index in [1.807, 2.05) is 42.5 Å². The maximum Gasteiger partial charge on any atom is 0.336 e. The minimum Gasteiger partial charge on any atom is -0.284 e. The average Bonchev–Trinajstić information content (AvgIpc) is 2.91. The Kier molecular flexibility index (Phi) is 3.86. The molecule has 0 atom stereocenters. The van der Waals surface area contributed by atoms with Crippen LogP contribution in [0.3, 0.4) is 0 Å². The van der Waals surface area contributed by atoms with Crippen LogP contribution < -0.4 is 9.80 Å². The lowest BCUT2D eigenvalue weighted by atomic mass is 10.1. The van der Waals surface area contributed by atoms with Crippen molar-refractivity contribution in [2.75, 3.05) is 16.3 Å². The lowest BCUT2D eigenvalue weighted by Crippen LogP contribution is -2.33. The maximum absolute atomic E-state index is 12.9. The molecule has 124 valence electrons. The molecule has 1 aliphatic rings. The normalized spacial score (nSPS) is 14.6. The highest BCUT2D eigenvalue weighted by Crippen LogP contribution is 2.33. The number of anilines is 2. The second kappa shape index (κ2) is 6.06. The van der Waals surface area contributed by atoms with Crippen molar-refractivity contribution in [2.45, 2.75) is 0 Å². The van der Waals surface area contributed by atoms with Crippen LogP contribution >= 0.6 is 23.2 Å². The second-order valence-corrected chi connectivity index (χ2v) is 6.51. The summed E-state index contributed by atoms with van der Waals surface area (Å²) < 4.78 is 0. The molecule has 0 radical (unpaired) electrons. The molecule has 0 spiro atoms. The molecule has 1 aliphatic heterocycles. The first-order valence-corrected chi connectivity index (χ1v) is 8.39. The number of rotatable bonds is 2. The van der Waals surface area contributed by atoms with E-state index in [-0.39, 0.29) is 12.5 Å². The minimum atomic E-state index is -0.403. The van der Waals surface area contributed by atoms with E-state index in [0.29, 0.717) is 21.4 Å². The number of amides is 3. The number of hydrogen-bond donors (Lipinski definition) is 0. The maximum atomic E-state index is 12.9. The van der Waals surface area contributed by atoms with Gasteiger partial charge in [0.15, 0.2) is 0 Å². The van der Waals surface area contributed by atoms with Crippen LogP contribution in [-0.2, 0) is 4.79 Å². The molecule has 4 rings (SSSR count). The molecule has 1 fully saturated rings. The Bertz CT molecular complexity index is 1010. The highest BCUT2D eigenvalue weighted by Gasteiger charge is 2.38. The lowest BCUT2D eigenvalue weighted by Gasteiger charge is -2.19.